The molecule has 0 aromatic rings. The molecule has 0 aliphatic rings. The zero-order valence-electron chi connectivity index (χ0n) is 14.4. The maximum atomic E-state index is 8.56. The molecule has 0 saturated carbocycles. The third-order valence-corrected chi connectivity index (χ3v) is 0. The second-order valence-corrected chi connectivity index (χ2v) is 2.26. The third-order valence-electron chi connectivity index (χ3n) is 0. The van der Waals surface area contributed by atoms with Crippen LogP contribution in [0.2, 0.25) is 0 Å². The molecular formula is C8H18K2O24. The predicted molar refractivity (Wildman–Crippen MR) is 99.5 cm³/mol. The van der Waals surface area contributed by atoms with E-state index in [1.54, 1.807) is 0 Å². The molecule has 0 unspecified atom stereocenters. The van der Waals surface area contributed by atoms with E-state index in [2.05, 4.69) is 0 Å². The van der Waals surface area contributed by atoms with E-state index in [1.165, 1.54) is 0 Å². The summed E-state index contributed by atoms with van der Waals surface area (Å²) in [7, 11) is 0. The van der Waals surface area contributed by atoms with Gasteiger partial charge in [-0.05, 0) is 0 Å². The Morgan fingerprint density at radius 2 is 0.206 bits per heavy atom. The van der Waals surface area contributed by atoms with E-state index >= 15 is 0 Å². The van der Waals surface area contributed by atoms with Gasteiger partial charge >= 0.3 is 152 Å². The molecule has 0 aliphatic heterocycles. The molecule has 0 radical (unpaired) electrons. The number of carboxylic acid groups (broad SMARTS) is 16. The summed E-state index contributed by atoms with van der Waals surface area (Å²) in [4.78, 5) is 68.4. The van der Waals surface area contributed by atoms with E-state index in [9.17, 15) is 0 Å². The second-order valence-electron chi connectivity index (χ2n) is 2.26. The summed E-state index contributed by atoms with van der Waals surface area (Å²) in [6, 6.07) is 0. The number of carbonyl (C=O) groups is 8. The van der Waals surface area contributed by atoms with E-state index in [-0.39, 0.29) is 103 Å². The van der Waals surface area contributed by atoms with Crippen LogP contribution < -0.4 is 0 Å². The second kappa shape index (κ2) is 57.4. The molecular weight excluding hydrogens is 558 g/mol. The molecule has 0 fully saturated rings. The molecule has 0 atom stereocenters. The molecule has 0 saturated heterocycles. The van der Waals surface area contributed by atoms with Crippen molar-refractivity contribution in [3.63, 3.8) is 0 Å². The van der Waals surface area contributed by atoms with Gasteiger partial charge in [0.15, 0.2) is 0 Å². The monoisotopic (exact) mass is 576 g/mol. The molecule has 0 rings (SSSR count). The van der Waals surface area contributed by atoms with E-state index in [0.717, 1.165) is 0 Å². The Labute approximate surface area is 268 Å². The molecule has 24 nitrogen and oxygen atoms in total. The van der Waals surface area contributed by atoms with Crippen molar-refractivity contribution in [2.24, 2.45) is 0 Å². The molecule has 0 aliphatic carbocycles. The molecule has 0 aromatic heterocycles. The van der Waals surface area contributed by atoms with Gasteiger partial charge in [-0.1, -0.05) is 0 Å². The van der Waals surface area contributed by atoms with E-state index in [0.29, 0.717) is 0 Å². The fourth-order valence-corrected chi connectivity index (χ4v) is 0. The van der Waals surface area contributed by atoms with Gasteiger partial charge < -0.3 is 81.7 Å². The first-order chi connectivity index (χ1) is 13.9. The Morgan fingerprint density at radius 3 is 0.206 bits per heavy atom. The summed E-state index contributed by atoms with van der Waals surface area (Å²) >= 11 is 0. The van der Waals surface area contributed by atoms with Crippen molar-refractivity contribution in [2.75, 3.05) is 0 Å². The van der Waals surface area contributed by atoms with E-state index in [4.69, 9.17) is 120 Å². The quantitative estimate of drug-likeness (QED) is 0.174. The molecule has 0 bridgehead atoms. The first kappa shape index (κ1) is 63.4. The van der Waals surface area contributed by atoms with Gasteiger partial charge in [0.1, 0.15) is 0 Å². The fraction of sp³-hybridized carbons (Fsp3) is 0. The molecule has 196 valence electrons. The van der Waals surface area contributed by atoms with E-state index < -0.39 is 49.2 Å². The van der Waals surface area contributed by atoms with Crippen molar-refractivity contribution >= 4 is 152 Å². The minimum atomic E-state index is -1.83. The third kappa shape index (κ3) is 3610. The van der Waals surface area contributed by atoms with Crippen LogP contribution in [0.5, 0.6) is 0 Å². The fourth-order valence-electron chi connectivity index (χ4n) is 0. The van der Waals surface area contributed by atoms with Crippen LogP contribution in [-0.4, -0.2) is 234 Å². The SMILES string of the molecule is O=C(O)O.O=C(O)O.O=C(O)O.O=C(O)O.O=C(O)O.O=C(O)O.O=C(O)O.O=C(O)O.[KH].[KH]. The molecule has 0 spiro atoms. The van der Waals surface area contributed by atoms with Crippen LogP contribution in [0.1, 0.15) is 0 Å². The van der Waals surface area contributed by atoms with E-state index in [1.807, 2.05) is 0 Å². The van der Waals surface area contributed by atoms with Crippen molar-refractivity contribution in [3.05, 3.63) is 0 Å². The molecule has 0 heterocycles. The van der Waals surface area contributed by atoms with Gasteiger partial charge in [-0.15, -0.1) is 0 Å². The van der Waals surface area contributed by atoms with Crippen LogP contribution in [0, 0.1) is 0 Å². The number of hydrogen-bond donors (Lipinski definition) is 16. The van der Waals surface area contributed by atoms with Gasteiger partial charge in [0, 0.05) is 0 Å². The average Bonchev–Trinajstić information content (AvgIpc) is 2.30. The van der Waals surface area contributed by atoms with Crippen molar-refractivity contribution < 1.29 is 120 Å². The summed E-state index contributed by atoms with van der Waals surface area (Å²) in [6.45, 7) is 0. The van der Waals surface area contributed by atoms with Gasteiger partial charge in [0.2, 0.25) is 0 Å². The summed E-state index contributed by atoms with van der Waals surface area (Å²) in [5, 5.41) is 112. The number of rotatable bonds is 0. The minimum absolute atomic E-state index is 0. The maximum absolute atomic E-state index is 8.56. The van der Waals surface area contributed by atoms with Crippen LogP contribution in [0.25, 0.3) is 0 Å². The molecule has 34 heavy (non-hydrogen) atoms. The summed E-state index contributed by atoms with van der Waals surface area (Å²) in [5.74, 6) is 0. The zero-order valence-corrected chi connectivity index (χ0v) is 14.4. The average molecular weight is 576 g/mol. The Balaban J connectivity index is -0.0000000240. The predicted octanol–water partition coefficient (Wildman–Crippen LogP) is 0.482. The van der Waals surface area contributed by atoms with Gasteiger partial charge in [0.05, 0.1) is 0 Å². The van der Waals surface area contributed by atoms with Crippen LogP contribution >= 0.6 is 0 Å². The summed E-state index contributed by atoms with van der Waals surface area (Å²) in [6.07, 6.45) is -14.7. The Morgan fingerprint density at radius 1 is 0.206 bits per heavy atom. The van der Waals surface area contributed by atoms with Crippen LogP contribution in [0.15, 0.2) is 0 Å². The van der Waals surface area contributed by atoms with Crippen molar-refractivity contribution in [1.29, 1.82) is 0 Å². The normalized spacial score (nSPS) is 5.65. The van der Waals surface area contributed by atoms with Gasteiger partial charge in [-0.25, -0.2) is 38.4 Å². The van der Waals surface area contributed by atoms with Crippen LogP contribution in [0.4, 0.5) is 38.4 Å². The van der Waals surface area contributed by atoms with Gasteiger partial charge in [-0.3, -0.25) is 0 Å². The van der Waals surface area contributed by atoms with Crippen LogP contribution in [-0.2, 0) is 0 Å². The molecule has 16 N–H and O–H groups in total. The summed E-state index contributed by atoms with van der Waals surface area (Å²) in [5.41, 5.74) is 0. The first-order valence-corrected chi connectivity index (χ1v) is 5.21. The standard InChI is InChI=1S/8CH2O3.2K.2H/c8*2-1(3)4;;;;/h8*(H2,2,3,4);;;;. The van der Waals surface area contributed by atoms with Crippen molar-refractivity contribution in [1.82, 2.24) is 0 Å². The summed E-state index contributed by atoms with van der Waals surface area (Å²) < 4.78 is 0. The molecule has 0 aromatic carbocycles. The van der Waals surface area contributed by atoms with Gasteiger partial charge in [0.25, 0.3) is 0 Å². The topological polar surface area (TPSA) is 460 Å². The first-order valence-electron chi connectivity index (χ1n) is 5.21. The molecule has 0 amide bonds. The zero-order chi connectivity index (χ0) is 28.6. The van der Waals surface area contributed by atoms with Crippen molar-refractivity contribution in [3.8, 4) is 0 Å². The van der Waals surface area contributed by atoms with Crippen molar-refractivity contribution in [2.45, 2.75) is 0 Å². The Kier molecular flexibility index (Phi) is 107. The van der Waals surface area contributed by atoms with Gasteiger partial charge in [-0.2, -0.15) is 0 Å². The van der Waals surface area contributed by atoms with Crippen LogP contribution in [0.3, 0.4) is 0 Å². The molecule has 26 heteroatoms. The Bertz CT molecular complexity index is 365. The Hall–Kier alpha value is -2.57. The number of hydrogen-bond acceptors (Lipinski definition) is 8.